The van der Waals surface area contributed by atoms with Gasteiger partial charge in [-0.3, -0.25) is 0 Å². The predicted octanol–water partition coefficient (Wildman–Crippen LogP) is -5.67. The van der Waals surface area contributed by atoms with Gasteiger partial charge in [-0.2, -0.15) is 0 Å². The SMILES string of the molecule is N.N.[Cl-].[I-].[Pt+2]. The standard InChI is InChI=1S/ClH.HI.2H3N.Pt/h2*1H;2*1H3;/q;;;;+2/p-2. The van der Waals surface area contributed by atoms with Crippen LogP contribution in [0.25, 0.3) is 0 Å². The first-order chi connectivity index (χ1) is 0. The molecule has 0 rings (SSSR count). The summed E-state index contributed by atoms with van der Waals surface area (Å²) in [4.78, 5) is 0. The Bertz CT molecular complexity index is 9.61. The molecule has 0 atom stereocenters. The Morgan fingerprint density at radius 1 is 0.800 bits per heavy atom. The molecule has 0 bridgehead atoms. The molecule has 0 aliphatic heterocycles. The summed E-state index contributed by atoms with van der Waals surface area (Å²) in [5.41, 5.74) is 0. The van der Waals surface area contributed by atoms with Crippen LogP contribution in [0.5, 0.6) is 0 Å². The van der Waals surface area contributed by atoms with Crippen LogP contribution in [0.15, 0.2) is 0 Å². The molecule has 5 heteroatoms. The maximum atomic E-state index is 0. The van der Waals surface area contributed by atoms with E-state index in [1.54, 1.807) is 0 Å². The third kappa shape index (κ3) is 27.9. The van der Waals surface area contributed by atoms with E-state index in [9.17, 15) is 0 Å². The van der Waals surface area contributed by atoms with Gasteiger partial charge in [0.2, 0.25) is 0 Å². The van der Waals surface area contributed by atoms with Gasteiger partial charge in [0, 0.05) is 0 Å². The molecular weight excluding hydrogens is 385 g/mol. The van der Waals surface area contributed by atoms with E-state index in [1.807, 2.05) is 0 Å². The first kappa shape index (κ1) is 79.2. The number of hydrogen-bond donors (Lipinski definition) is 2. The fraction of sp³-hybridized carbons (Fsp3) is 0. The van der Waals surface area contributed by atoms with Crippen molar-refractivity contribution in [1.29, 1.82) is 0 Å². The monoisotopic (exact) mass is 391 g/mol. The Kier molecular flexibility index (Phi) is 720. The van der Waals surface area contributed by atoms with E-state index in [2.05, 4.69) is 0 Å². The van der Waals surface area contributed by atoms with E-state index >= 15 is 0 Å². The molecular formula is H6ClIN2Pt. The summed E-state index contributed by atoms with van der Waals surface area (Å²) < 4.78 is 0. The van der Waals surface area contributed by atoms with Crippen molar-refractivity contribution in [3.63, 3.8) is 0 Å². The van der Waals surface area contributed by atoms with Crippen LogP contribution in [0.2, 0.25) is 0 Å². The van der Waals surface area contributed by atoms with Crippen LogP contribution in [0.4, 0.5) is 0 Å². The molecule has 2 nitrogen and oxygen atoms in total. The molecule has 5 heavy (non-hydrogen) atoms. The van der Waals surface area contributed by atoms with Gasteiger partial charge in [0.05, 0.1) is 0 Å². The van der Waals surface area contributed by atoms with Crippen LogP contribution in [0.3, 0.4) is 0 Å². The second kappa shape index (κ2) is 45.5. The first-order valence-corrected chi connectivity index (χ1v) is 0. The zero-order valence-corrected chi connectivity index (χ0v) is 7.67. The molecule has 0 unspecified atom stereocenters. The maximum Gasteiger partial charge on any atom is 2.00 e. The van der Waals surface area contributed by atoms with Crippen LogP contribution in [-0.4, -0.2) is 0 Å². The van der Waals surface area contributed by atoms with Crippen LogP contribution in [0.1, 0.15) is 0 Å². The molecule has 0 aliphatic carbocycles. The van der Waals surface area contributed by atoms with Gasteiger partial charge in [0.25, 0.3) is 0 Å². The van der Waals surface area contributed by atoms with Crippen molar-refractivity contribution in [2.24, 2.45) is 0 Å². The van der Waals surface area contributed by atoms with E-state index in [0.29, 0.717) is 0 Å². The van der Waals surface area contributed by atoms with Crippen molar-refractivity contribution in [3.05, 3.63) is 0 Å². The molecule has 0 radical (unpaired) electrons. The molecule has 0 fully saturated rings. The Morgan fingerprint density at radius 2 is 0.800 bits per heavy atom. The zero-order chi connectivity index (χ0) is 0. The molecule has 0 saturated carbocycles. The molecule has 0 spiro atoms. The minimum atomic E-state index is 0. The maximum absolute atomic E-state index is 0. The zero-order valence-electron chi connectivity index (χ0n) is 2.49. The Balaban J connectivity index is 0. The van der Waals surface area contributed by atoms with Gasteiger partial charge in [-0.1, -0.05) is 0 Å². The fourth-order valence-electron chi connectivity index (χ4n) is 0. The van der Waals surface area contributed by atoms with E-state index in [0.717, 1.165) is 0 Å². The largest absolute Gasteiger partial charge is 2.00 e. The third-order valence-electron chi connectivity index (χ3n) is 0. The van der Waals surface area contributed by atoms with Gasteiger partial charge in [0.1, 0.15) is 0 Å². The summed E-state index contributed by atoms with van der Waals surface area (Å²) in [6, 6.07) is 0. The molecule has 0 aromatic carbocycles. The van der Waals surface area contributed by atoms with Crippen LogP contribution in [-0.2, 0) is 21.1 Å². The van der Waals surface area contributed by atoms with E-state index in [-0.39, 0.29) is 69.8 Å². The van der Waals surface area contributed by atoms with E-state index in [1.165, 1.54) is 0 Å². The van der Waals surface area contributed by atoms with Gasteiger partial charge in [-0.25, -0.2) is 0 Å². The van der Waals surface area contributed by atoms with Gasteiger partial charge in [-0.15, -0.1) is 0 Å². The third-order valence-corrected chi connectivity index (χ3v) is 0. The molecule has 0 amide bonds. The first-order valence-electron chi connectivity index (χ1n) is 0. The van der Waals surface area contributed by atoms with Crippen molar-refractivity contribution >= 4 is 0 Å². The van der Waals surface area contributed by atoms with Crippen molar-refractivity contribution in [3.8, 4) is 0 Å². The van der Waals surface area contributed by atoms with Crippen molar-refractivity contribution in [1.82, 2.24) is 12.3 Å². The summed E-state index contributed by atoms with van der Waals surface area (Å²) in [7, 11) is 0. The Morgan fingerprint density at radius 3 is 0.800 bits per heavy atom. The topological polar surface area (TPSA) is 70.0 Å². The second-order valence-electron chi connectivity index (χ2n) is 0. The van der Waals surface area contributed by atoms with Crippen molar-refractivity contribution in [2.45, 2.75) is 0 Å². The molecule has 0 aromatic rings. The van der Waals surface area contributed by atoms with Crippen LogP contribution >= 0.6 is 0 Å². The van der Waals surface area contributed by atoms with Gasteiger partial charge in [0.15, 0.2) is 0 Å². The summed E-state index contributed by atoms with van der Waals surface area (Å²) in [5.74, 6) is 0. The number of halogens is 2. The Labute approximate surface area is 69.3 Å². The summed E-state index contributed by atoms with van der Waals surface area (Å²) in [6.07, 6.45) is 0. The van der Waals surface area contributed by atoms with Crippen LogP contribution in [0, 0.1) is 0 Å². The van der Waals surface area contributed by atoms with Gasteiger partial charge >= 0.3 is 21.1 Å². The Hall–Kier alpha value is 1.63. The minimum absolute atomic E-state index is 0. The normalized spacial score (nSPS) is 0. The predicted molar refractivity (Wildman–Crippen MR) is 10.0 cm³/mol. The minimum Gasteiger partial charge on any atom is -1.00 e. The average Bonchev–Trinajstić information content (AvgIpc) is 0. The average molecular weight is 391 g/mol. The number of rotatable bonds is 0. The molecule has 6 N–H and O–H groups in total. The van der Waals surface area contributed by atoms with Crippen molar-refractivity contribution in [2.75, 3.05) is 0 Å². The van der Waals surface area contributed by atoms with E-state index in [4.69, 9.17) is 0 Å². The van der Waals surface area contributed by atoms with Crippen LogP contribution < -0.4 is 48.7 Å². The smallest absolute Gasteiger partial charge is 1.00 e. The summed E-state index contributed by atoms with van der Waals surface area (Å²) in [5, 5.41) is 0. The molecule has 0 aromatic heterocycles. The van der Waals surface area contributed by atoms with Gasteiger partial charge in [-0.05, 0) is 0 Å². The fourth-order valence-corrected chi connectivity index (χ4v) is 0. The van der Waals surface area contributed by atoms with Gasteiger partial charge < -0.3 is 48.7 Å². The second-order valence-corrected chi connectivity index (χ2v) is 0. The molecule has 0 saturated heterocycles. The molecule has 0 heterocycles. The quantitative estimate of drug-likeness (QED) is 0.404. The van der Waals surface area contributed by atoms with E-state index < -0.39 is 0 Å². The summed E-state index contributed by atoms with van der Waals surface area (Å²) >= 11 is 0. The summed E-state index contributed by atoms with van der Waals surface area (Å²) in [6.45, 7) is 0. The number of hydrogen-bond acceptors (Lipinski definition) is 2. The molecule has 40 valence electrons. The molecule has 0 aliphatic rings. The van der Waals surface area contributed by atoms with Crippen molar-refractivity contribution < 1.29 is 57.4 Å².